The van der Waals surface area contributed by atoms with E-state index in [0.717, 1.165) is 10.7 Å². The topological polar surface area (TPSA) is 48.4 Å². The summed E-state index contributed by atoms with van der Waals surface area (Å²) in [4.78, 5) is 16.9. The third-order valence-corrected chi connectivity index (χ3v) is 4.93. The zero-order valence-electron chi connectivity index (χ0n) is 14.8. The van der Waals surface area contributed by atoms with E-state index in [-0.39, 0.29) is 11.9 Å². The molecule has 5 heteroatoms. The highest BCUT2D eigenvalue weighted by atomic mass is 32.1. The van der Waals surface area contributed by atoms with Gasteiger partial charge in [0.2, 0.25) is 0 Å². The second-order valence-electron chi connectivity index (χ2n) is 5.78. The molecule has 0 fully saturated rings. The van der Waals surface area contributed by atoms with Crippen molar-refractivity contribution in [2.75, 3.05) is 6.61 Å². The number of carbonyl (C=O) groups excluding carboxylic acids is 1. The highest BCUT2D eigenvalue weighted by Crippen LogP contribution is 2.22. The third kappa shape index (κ3) is 4.56. The molecule has 3 rings (SSSR count). The standard InChI is InChI=1S/C21H21NO3S/c1-3-24-15(2)21-22-18(14-26-21)13-25-19-11-9-17(10-12-19)20(23)16-7-5-4-6-8-16/h4-12,14-15H,3,13H2,1-2H3. The second kappa shape index (κ2) is 8.74. The molecule has 0 amide bonds. The van der Waals surface area contributed by atoms with Crippen LogP contribution < -0.4 is 4.74 Å². The number of ketones is 1. The van der Waals surface area contributed by atoms with E-state index < -0.39 is 0 Å². The third-order valence-electron chi connectivity index (χ3n) is 3.87. The van der Waals surface area contributed by atoms with Crippen LogP contribution in [0.2, 0.25) is 0 Å². The number of hydrogen-bond donors (Lipinski definition) is 0. The summed E-state index contributed by atoms with van der Waals surface area (Å²) in [6, 6.07) is 16.4. The van der Waals surface area contributed by atoms with Crippen molar-refractivity contribution < 1.29 is 14.3 Å². The summed E-state index contributed by atoms with van der Waals surface area (Å²) in [6.07, 6.45) is 0.00188. The molecular weight excluding hydrogens is 346 g/mol. The molecule has 1 atom stereocenters. The van der Waals surface area contributed by atoms with Gasteiger partial charge in [-0.1, -0.05) is 30.3 Å². The Kier molecular flexibility index (Phi) is 6.15. The first-order valence-electron chi connectivity index (χ1n) is 8.56. The van der Waals surface area contributed by atoms with E-state index >= 15 is 0 Å². The van der Waals surface area contributed by atoms with E-state index in [2.05, 4.69) is 4.98 Å². The maximum Gasteiger partial charge on any atom is 0.193 e. The van der Waals surface area contributed by atoms with Crippen molar-refractivity contribution in [2.24, 2.45) is 0 Å². The Morgan fingerprint density at radius 2 is 1.77 bits per heavy atom. The minimum Gasteiger partial charge on any atom is -0.487 e. The normalized spacial score (nSPS) is 11.9. The van der Waals surface area contributed by atoms with E-state index in [0.29, 0.717) is 30.1 Å². The quantitative estimate of drug-likeness (QED) is 0.523. The number of ether oxygens (including phenoxy) is 2. The van der Waals surface area contributed by atoms with Crippen LogP contribution in [0, 0.1) is 0 Å². The molecular formula is C21H21NO3S. The van der Waals surface area contributed by atoms with Gasteiger partial charge in [-0.25, -0.2) is 4.98 Å². The number of benzene rings is 2. The molecule has 0 aliphatic rings. The van der Waals surface area contributed by atoms with E-state index in [1.807, 2.05) is 61.7 Å². The lowest BCUT2D eigenvalue weighted by atomic mass is 10.0. The van der Waals surface area contributed by atoms with Gasteiger partial charge in [-0.2, -0.15) is 0 Å². The number of thiazole rings is 1. The lowest BCUT2D eigenvalue weighted by molar-refractivity contribution is 0.0760. The summed E-state index contributed by atoms with van der Waals surface area (Å²) >= 11 is 1.58. The smallest absolute Gasteiger partial charge is 0.193 e. The van der Waals surface area contributed by atoms with Crippen molar-refractivity contribution in [3.63, 3.8) is 0 Å². The van der Waals surface area contributed by atoms with Crippen molar-refractivity contribution >= 4 is 17.1 Å². The van der Waals surface area contributed by atoms with Crippen LogP contribution >= 0.6 is 11.3 Å². The van der Waals surface area contributed by atoms with Crippen LogP contribution in [0.4, 0.5) is 0 Å². The molecule has 0 aliphatic carbocycles. The van der Waals surface area contributed by atoms with E-state index in [1.165, 1.54) is 0 Å². The summed E-state index contributed by atoms with van der Waals surface area (Å²) < 4.78 is 11.3. The van der Waals surface area contributed by atoms with Crippen molar-refractivity contribution in [1.82, 2.24) is 4.98 Å². The molecule has 0 aliphatic heterocycles. The molecule has 0 bridgehead atoms. The van der Waals surface area contributed by atoms with Crippen LogP contribution in [0.15, 0.2) is 60.0 Å². The molecule has 0 spiro atoms. The molecule has 0 saturated carbocycles. The Morgan fingerprint density at radius 1 is 1.08 bits per heavy atom. The lowest BCUT2D eigenvalue weighted by Gasteiger charge is -2.07. The van der Waals surface area contributed by atoms with Crippen molar-refractivity contribution in [1.29, 1.82) is 0 Å². The van der Waals surface area contributed by atoms with Gasteiger partial charge in [0.1, 0.15) is 23.5 Å². The maximum atomic E-state index is 12.4. The Bertz CT molecular complexity index is 843. The first kappa shape index (κ1) is 18.3. The van der Waals surface area contributed by atoms with Crippen LogP contribution in [0.25, 0.3) is 0 Å². The Morgan fingerprint density at radius 3 is 2.46 bits per heavy atom. The molecule has 2 aromatic carbocycles. The van der Waals surface area contributed by atoms with Crippen molar-refractivity contribution in [3.8, 4) is 5.75 Å². The van der Waals surface area contributed by atoms with Crippen LogP contribution in [0.1, 0.15) is 46.6 Å². The van der Waals surface area contributed by atoms with Crippen LogP contribution in [-0.4, -0.2) is 17.4 Å². The summed E-state index contributed by atoms with van der Waals surface area (Å²) in [5.74, 6) is 0.716. The Balaban J connectivity index is 1.59. The monoisotopic (exact) mass is 367 g/mol. The van der Waals surface area contributed by atoms with Gasteiger partial charge in [0.15, 0.2) is 5.78 Å². The Hall–Kier alpha value is -2.50. The van der Waals surface area contributed by atoms with E-state index in [4.69, 9.17) is 9.47 Å². The fourth-order valence-electron chi connectivity index (χ4n) is 2.51. The SMILES string of the molecule is CCOC(C)c1nc(COc2ccc(C(=O)c3ccccc3)cc2)cs1. The van der Waals surface area contributed by atoms with Gasteiger partial charge in [-0.15, -0.1) is 11.3 Å². The largest absolute Gasteiger partial charge is 0.487 e. The van der Waals surface area contributed by atoms with Crippen molar-refractivity contribution in [3.05, 3.63) is 81.8 Å². The number of hydrogen-bond acceptors (Lipinski definition) is 5. The maximum absolute atomic E-state index is 12.4. The molecule has 1 aromatic heterocycles. The van der Waals surface area contributed by atoms with E-state index in [1.54, 1.807) is 23.5 Å². The molecule has 0 saturated heterocycles. The minimum atomic E-state index is 0.00188. The highest BCUT2D eigenvalue weighted by molar-refractivity contribution is 7.09. The first-order valence-corrected chi connectivity index (χ1v) is 9.44. The second-order valence-corrected chi connectivity index (χ2v) is 6.67. The fraction of sp³-hybridized carbons (Fsp3) is 0.238. The number of nitrogens with zero attached hydrogens (tertiary/aromatic N) is 1. The van der Waals surface area contributed by atoms with E-state index in [9.17, 15) is 4.79 Å². The molecule has 134 valence electrons. The fourth-order valence-corrected chi connectivity index (χ4v) is 3.32. The summed E-state index contributed by atoms with van der Waals surface area (Å²) in [6.45, 7) is 5.03. The number of rotatable bonds is 8. The van der Waals surface area contributed by atoms with Crippen LogP contribution in [0.5, 0.6) is 5.75 Å². The predicted molar refractivity (Wildman–Crippen MR) is 103 cm³/mol. The average molecular weight is 367 g/mol. The van der Waals surface area contributed by atoms with Gasteiger partial charge in [0, 0.05) is 23.1 Å². The zero-order valence-corrected chi connectivity index (χ0v) is 15.7. The van der Waals surface area contributed by atoms with Crippen molar-refractivity contribution in [2.45, 2.75) is 26.6 Å². The molecule has 26 heavy (non-hydrogen) atoms. The lowest BCUT2D eigenvalue weighted by Crippen LogP contribution is -2.02. The summed E-state index contributed by atoms with van der Waals surface area (Å²) in [7, 11) is 0. The average Bonchev–Trinajstić information content (AvgIpc) is 3.16. The van der Waals surface area contributed by atoms with Crippen LogP contribution in [0.3, 0.4) is 0 Å². The number of aromatic nitrogens is 1. The number of carbonyl (C=O) groups is 1. The molecule has 4 nitrogen and oxygen atoms in total. The highest BCUT2D eigenvalue weighted by Gasteiger charge is 2.11. The van der Waals surface area contributed by atoms with Gasteiger partial charge >= 0.3 is 0 Å². The van der Waals surface area contributed by atoms with Gasteiger partial charge in [0.25, 0.3) is 0 Å². The predicted octanol–water partition coefficient (Wildman–Crippen LogP) is 5.05. The first-order chi connectivity index (χ1) is 12.7. The van der Waals surface area contributed by atoms with Gasteiger partial charge < -0.3 is 9.47 Å². The van der Waals surface area contributed by atoms with Crippen LogP contribution in [-0.2, 0) is 11.3 Å². The van der Waals surface area contributed by atoms with Gasteiger partial charge in [-0.3, -0.25) is 4.79 Å². The van der Waals surface area contributed by atoms with Gasteiger partial charge in [-0.05, 0) is 38.1 Å². The molecule has 1 unspecified atom stereocenters. The van der Waals surface area contributed by atoms with Gasteiger partial charge in [0.05, 0.1) is 5.69 Å². The molecule has 0 radical (unpaired) electrons. The molecule has 0 N–H and O–H groups in total. The minimum absolute atomic E-state index is 0.00188. The molecule has 3 aromatic rings. The Labute approximate surface area is 157 Å². The summed E-state index contributed by atoms with van der Waals surface area (Å²) in [5.41, 5.74) is 2.20. The molecule has 1 heterocycles. The zero-order chi connectivity index (χ0) is 18.4. The summed E-state index contributed by atoms with van der Waals surface area (Å²) in [5, 5.41) is 2.94.